The fourth-order valence-electron chi connectivity index (χ4n) is 2.32. The Kier molecular flexibility index (Phi) is 4.59. The van der Waals surface area contributed by atoms with E-state index in [4.69, 9.17) is 10.6 Å². The Morgan fingerprint density at radius 1 is 1.45 bits per heavy atom. The van der Waals surface area contributed by atoms with Crippen LogP contribution in [0.3, 0.4) is 0 Å². The van der Waals surface area contributed by atoms with Gasteiger partial charge in [-0.3, -0.25) is 0 Å². The second-order valence-electron chi connectivity index (χ2n) is 5.27. The summed E-state index contributed by atoms with van der Waals surface area (Å²) in [6.07, 6.45) is 6.33. The van der Waals surface area contributed by atoms with Gasteiger partial charge in [0, 0.05) is 5.38 Å². The predicted molar refractivity (Wildman–Crippen MR) is 77.9 cm³/mol. The first-order valence-corrected chi connectivity index (χ1v) is 7.59. The summed E-state index contributed by atoms with van der Waals surface area (Å²) in [6, 6.07) is 0. The molecule has 0 atom stereocenters. The quantitative estimate of drug-likeness (QED) is 0.506. The van der Waals surface area contributed by atoms with Crippen molar-refractivity contribution in [3.63, 3.8) is 0 Å². The van der Waals surface area contributed by atoms with E-state index in [2.05, 4.69) is 10.1 Å². The maximum Gasteiger partial charge on any atom is 0.360 e. The third kappa shape index (κ3) is 3.69. The first kappa shape index (κ1) is 14.8. The van der Waals surface area contributed by atoms with Gasteiger partial charge in [-0.1, -0.05) is 18.0 Å². The standard InChI is InChI=1S/C13H19N3O3S/c1-13(6-4-2-3-5-7-13)19-16-10(11(17)18)9-8-20-12(14)15-9/h8H,2-7H2,1H3,(H2,14,15)(H,17,18)/b16-10-. The number of aliphatic carboxylic acids is 1. The van der Waals surface area contributed by atoms with Crippen molar-refractivity contribution in [1.29, 1.82) is 0 Å². The molecule has 1 heterocycles. The summed E-state index contributed by atoms with van der Waals surface area (Å²) in [5.74, 6) is -1.16. The molecule has 1 fully saturated rings. The van der Waals surface area contributed by atoms with Gasteiger partial charge in [-0.15, -0.1) is 11.3 Å². The van der Waals surface area contributed by atoms with Crippen LogP contribution in [-0.2, 0) is 9.63 Å². The lowest BCUT2D eigenvalue weighted by Crippen LogP contribution is -2.27. The average Bonchev–Trinajstić information content (AvgIpc) is 2.68. The van der Waals surface area contributed by atoms with Gasteiger partial charge in [-0.2, -0.15) is 0 Å². The summed E-state index contributed by atoms with van der Waals surface area (Å²) in [6.45, 7) is 1.98. The minimum absolute atomic E-state index is 0.191. The highest BCUT2D eigenvalue weighted by Crippen LogP contribution is 2.30. The number of oxime groups is 1. The SMILES string of the molecule is CC1(O/N=C(\C(=O)O)c2csc(N)n2)CCCCCC1. The summed E-state index contributed by atoms with van der Waals surface area (Å²) < 4.78 is 0. The third-order valence-electron chi connectivity index (χ3n) is 3.49. The molecule has 0 radical (unpaired) electrons. The molecule has 110 valence electrons. The van der Waals surface area contributed by atoms with E-state index in [9.17, 15) is 9.90 Å². The van der Waals surface area contributed by atoms with Crippen LogP contribution >= 0.6 is 11.3 Å². The number of carbonyl (C=O) groups is 1. The molecule has 0 aliphatic heterocycles. The zero-order valence-corrected chi connectivity index (χ0v) is 12.3. The zero-order chi connectivity index (χ0) is 14.6. The Morgan fingerprint density at radius 3 is 2.60 bits per heavy atom. The smallest absolute Gasteiger partial charge is 0.360 e. The molecule has 0 unspecified atom stereocenters. The van der Waals surface area contributed by atoms with Crippen LogP contribution in [0.25, 0.3) is 0 Å². The van der Waals surface area contributed by atoms with E-state index in [1.165, 1.54) is 24.2 Å². The van der Waals surface area contributed by atoms with Crippen molar-refractivity contribution < 1.29 is 14.7 Å². The van der Waals surface area contributed by atoms with Crippen molar-refractivity contribution in [2.75, 3.05) is 5.73 Å². The second-order valence-corrected chi connectivity index (χ2v) is 6.16. The van der Waals surface area contributed by atoms with Crippen molar-refractivity contribution >= 4 is 28.1 Å². The van der Waals surface area contributed by atoms with Gasteiger partial charge in [0.25, 0.3) is 0 Å². The van der Waals surface area contributed by atoms with Gasteiger partial charge in [-0.05, 0) is 32.6 Å². The van der Waals surface area contributed by atoms with Gasteiger partial charge >= 0.3 is 5.97 Å². The number of hydrogen-bond acceptors (Lipinski definition) is 6. The molecule has 1 aliphatic rings. The van der Waals surface area contributed by atoms with Crippen molar-refractivity contribution in [3.8, 4) is 0 Å². The summed E-state index contributed by atoms with van der Waals surface area (Å²) in [5.41, 5.74) is 5.19. The molecule has 1 aromatic rings. The van der Waals surface area contributed by atoms with Gasteiger partial charge in [0.2, 0.25) is 5.71 Å². The maximum atomic E-state index is 11.3. The maximum absolute atomic E-state index is 11.3. The number of rotatable bonds is 4. The van der Waals surface area contributed by atoms with E-state index in [0.717, 1.165) is 25.7 Å². The second kappa shape index (κ2) is 6.21. The van der Waals surface area contributed by atoms with Crippen molar-refractivity contribution in [2.45, 2.75) is 51.0 Å². The van der Waals surface area contributed by atoms with E-state index in [-0.39, 0.29) is 11.4 Å². The fraction of sp³-hybridized carbons (Fsp3) is 0.615. The van der Waals surface area contributed by atoms with Crippen LogP contribution in [0.5, 0.6) is 0 Å². The number of carboxylic acid groups (broad SMARTS) is 1. The first-order valence-electron chi connectivity index (χ1n) is 6.71. The molecule has 6 nitrogen and oxygen atoms in total. The molecule has 1 aliphatic carbocycles. The van der Waals surface area contributed by atoms with Crippen LogP contribution < -0.4 is 5.73 Å². The number of carboxylic acids is 1. The van der Waals surface area contributed by atoms with Crippen molar-refractivity contribution in [1.82, 2.24) is 4.98 Å². The summed E-state index contributed by atoms with van der Waals surface area (Å²) in [7, 11) is 0. The number of nitrogens with zero attached hydrogens (tertiary/aromatic N) is 2. The van der Waals surface area contributed by atoms with Crippen molar-refractivity contribution in [3.05, 3.63) is 11.1 Å². The number of anilines is 1. The lowest BCUT2D eigenvalue weighted by atomic mass is 9.97. The fourth-order valence-corrected chi connectivity index (χ4v) is 2.86. The third-order valence-corrected chi connectivity index (χ3v) is 4.16. The number of nitrogen functional groups attached to an aromatic ring is 1. The Morgan fingerprint density at radius 2 is 2.10 bits per heavy atom. The number of aromatic nitrogens is 1. The number of thiazole rings is 1. The molecule has 1 aromatic heterocycles. The van der Waals surface area contributed by atoms with Gasteiger partial charge in [-0.25, -0.2) is 9.78 Å². The highest BCUT2D eigenvalue weighted by atomic mass is 32.1. The van der Waals surface area contributed by atoms with E-state index < -0.39 is 11.6 Å². The molecule has 0 spiro atoms. The van der Waals surface area contributed by atoms with Gasteiger partial charge in [0.05, 0.1) is 0 Å². The van der Waals surface area contributed by atoms with Crippen LogP contribution in [0.4, 0.5) is 5.13 Å². The molecule has 2 rings (SSSR count). The van der Waals surface area contributed by atoms with Crippen LogP contribution in [-0.4, -0.2) is 27.4 Å². The van der Waals surface area contributed by atoms with Gasteiger partial charge in [0.15, 0.2) is 5.13 Å². The molecular formula is C13H19N3O3S. The molecule has 0 saturated heterocycles. The van der Waals surface area contributed by atoms with Gasteiger partial charge < -0.3 is 15.7 Å². The predicted octanol–water partition coefficient (Wildman–Crippen LogP) is 2.64. The minimum atomic E-state index is -1.16. The summed E-state index contributed by atoms with van der Waals surface area (Å²) in [4.78, 5) is 20.8. The highest BCUT2D eigenvalue weighted by Gasteiger charge is 2.29. The monoisotopic (exact) mass is 297 g/mol. The summed E-state index contributed by atoms with van der Waals surface area (Å²) in [5, 5.41) is 15.0. The van der Waals surface area contributed by atoms with E-state index >= 15 is 0 Å². The zero-order valence-electron chi connectivity index (χ0n) is 11.5. The van der Waals surface area contributed by atoms with Crippen molar-refractivity contribution in [2.24, 2.45) is 5.16 Å². The van der Waals surface area contributed by atoms with Gasteiger partial charge in [0.1, 0.15) is 11.3 Å². The van der Waals surface area contributed by atoms with Crippen LogP contribution in [0.1, 0.15) is 51.1 Å². The van der Waals surface area contributed by atoms with E-state index in [1.807, 2.05) is 6.92 Å². The Labute approximate surface area is 121 Å². The highest BCUT2D eigenvalue weighted by molar-refractivity contribution is 7.13. The average molecular weight is 297 g/mol. The summed E-state index contributed by atoms with van der Waals surface area (Å²) >= 11 is 1.18. The topological polar surface area (TPSA) is 97.8 Å². The first-order chi connectivity index (χ1) is 9.50. The molecule has 0 aromatic carbocycles. The van der Waals surface area contributed by atoms with Crippen LogP contribution in [0.2, 0.25) is 0 Å². The Bertz CT molecular complexity index is 505. The molecule has 20 heavy (non-hydrogen) atoms. The molecule has 0 bridgehead atoms. The lowest BCUT2D eigenvalue weighted by molar-refractivity contribution is -0.129. The normalized spacial score (nSPS) is 19.4. The number of nitrogens with two attached hydrogens (primary N) is 1. The van der Waals surface area contributed by atoms with E-state index in [1.54, 1.807) is 5.38 Å². The van der Waals surface area contributed by atoms with Crippen LogP contribution in [0, 0.1) is 0 Å². The van der Waals surface area contributed by atoms with E-state index in [0.29, 0.717) is 5.13 Å². The lowest BCUT2D eigenvalue weighted by Gasteiger charge is -2.25. The molecule has 3 N–H and O–H groups in total. The molecule has 0 amide bonds. The minimum Gasteiger partial charge on any atom is -0.476 e. The molecule has 1 saturated carbocycles. The largest absolute Gasteiger partial charge is 0.476 e. The Balaban J connectivity index is 2.15. The Hall–Kier alpha value is -1.63. The number of hydrogen-bond donors (Lipinski definition) is 2. The molecular weight excluding hydrogens is 278 g/mol. The van der Waals surface area contributed by atoms with Crippen LogP contribution in [0.15, 0.2) is 10.5 Å². The molecule has 7 heteroatoms.